The fraction of sp³-hybridized carbons (Fsp3) is 0.0909. The predicted octanol–water partition coefficient (Wildman–Crippen LogP) is 7.41. The van der Waals surface area contributed by atoms with Gasteiger partial charge in [-0.15, -0.1) is 11.3 Å². The molecule has 5 aromatic rings. The van der Waals surface area contributed by atoms with Gasteiger partial charge in [-0.25, -0.2) is 10.4 Å². The normalized spacial score (nSPS) is 10.8. The third kappa shape index (κ3) is 8.09. The average molecular weight is 671 g/mol. The number of nitrogens with one attached hydrogen (secondary N) is 3. The Morgan fingerprint density at radius 3 is 2.50 bits per heavy atom. The lowest BCUT2D eigenvalue weighted by Gasteiger charge is -2.13. The Kier molecular flexibility index (Phi) is 10.0. The average Bonchev–Trinajstić information content (AvgIpc) is 3.49. The molecule has 0 atom stereocenters. The van der Waals surface area contributed by atoms with Crippen LogP contribution in [-0.2, 0) is 4.79 Å². The summed E-state index contributed by atoms with van der Waals surface area (Å²) in [5.74, 6) is 0.108. The molecule has 11 heteroatoms. The van der Waals surface area contributed by atoms with E-state index in [4.69, 9.17) is 9.47 Å². The van der Waals surface area contributed by atoms with E-state index in [0.29, 0.717) is 32.8 Å². The topological polar surface area (TPSA) is 114 Å². The molecule has 0 fully saturated rings. The van der Waals surface area contributed by atoms with E-state index in [1.807, 2.05) is 79.0 Å². The highest BCUT2D eigenvalue weighted by Gasteiger charge is 2.14. The number of rotatable bonds is 11. The molecule has 0 radical (unpaired) electrons. The Morgan fingerprint density at radius 1 is 0.977 bits per heavy atom. The van der Waals surface area contributed by atoms with Gasteiger partial charge in [-0.3, -0.25) is 9.59 Å². The quantitative estimate of drug-likeness (QED) is 0.0997. The molecule has 0 aliphatic rings. The van der Waals surface area contributed by atoms with E-state index in [9.17, 15) is 9.59 Å². The molecule has 222 valence electrons. The van der Waals surface area contributed by atoms with Crippen molar-refractivity contribution in [2.75, 3.05) is 24.4 Å². The van der Waals surface area contributed by atoms with Crippen LogP contribution in [0.3, 0.4) is 0 Å². The molecule has 1 heterocycles. The van der Waals surface area contributed by atoms with Gasteiger partial charge in [0.1, 0.15) is 0 Å². The van der Waals surface area contributed by atoms with Crippen LogP contribution in [0, 0.1) is 6.92 Å². The summed E-state index contributed by atoms with van der Waals surface area (Å²) in [7, 11) is 1.50. The van der Waals surface area contributed by atoms with Crippen molar-refractivity contribution in [1.82, 2.24) is 10.4 Å². The van der Waals surface area contributed by atoms with Crippen LogP contribution in [0.5, 0.6) is 11.5 Å². The second-order valence-electron chi connectivity index (χ2n) is 9.55. The molecule has 5 rings (SSSR count). The highest BCUT2D eigenvalue weighted by Crippen LogP contribution is 2.36. The minimum atomic E-state index is -0.358. The van der Waals surface area contributed by atoms with Crippen molar-refractivity contribution in [2.24, 2.45) is 5.10 Å². The molecule has 4 aromatic carbocycles. The van der Waals surface area contributed by atoms with Crippen molar-refractivity contribution in [3.63, 3.8) is 0 Å². The first kappa shape index (κ1) is 30.5. The number of methoxy groups -OCH3 is 1. The summed E-state index contributed by atoms with van der Waals surface area (Å²) in [5.41, 5.74) is 8.06. The standard InChI is InChI=1S/C33H28BrN5O4S/c1-21-7-6-10-26(15-21)36-30(40)19-43-31-27(34)16-22(17-29(31)42-2)18-35-39-32(41)24-13-11-23(12-14-24)28-20-44-33(38-28)37-25-8-4-3-5-9-25/h3-18,20H,19H2,1-2H3,(H,36,40)(H,37,38)(H,39,41)/b35-18+. The fourth-order valence-corrected chi connectivity index (χ4v) is 5.46. The zero-order chi connectivity index (χ0) is 30.9. The van der Waals surface area contributed by atoms with E-state index in [2.05, 4.69) is 42.1 Å². The first-order valence-electron chi connectivity index (χ1n) is 13.5. The van der Waals surface area contributed by atoms with Gasteiger partial charge in [0.15, 0.2) is 23.2 Å². The zero-order valence-corrected chi connectivity index (χ0v) is 26.2. The number of aryl methyl sites for hydroxylation is 1. The summed E-state index contributed by atoms with van der Waals surface area (Å²) in [6.45, 7) is 1.74. The molecular formula is C33H28BrN5O4S. The molecule has 1 aromatic heterocycles. The number of carbonyl (C=O) groups is 2. The van der Waals surface area contributed by atoms with E-state index >= 15 is 0 Å². The molecule has 0 spiro atoms. The maximum absolute atomic E-state index is 12.7. The van der Waals surface area contributed by atoms with Crippen LogP contribution < -0.4 is 25.5 Å². The summed E-state index contributed by atoms with van der Waals surface area (Å²) in [6, 6.07) is 27.9. The summed E-state index contributed by atoms with van der Waals surface area (Å²) < 4.78 is 11.8. The lowest BCUT2D eigenvalue weighted by molar-refractivity contribution is -0.118. The van der Waals surface area contributed by atoms with Gasteiger partial charge in [-0.2, -0.15) is 5.10 Å². The van der Waals surface area contributed by atoms with Gasteiger partial charge >= 0.3 is 0 Å². The highest BCUT2D eigenvalue weighted by molar-refractivity contribution is 9.10. The lowest BCUT2D eigenvalue weighted by Crippen LogP contribution is -2.20. The van der Waals surface area contributed by atoms with Crippen LogP contribution in [-0.4, -0.2) is 36.7 Å². The van der Waals surface area contributed by atoms with Gasteiger partial charge in [0, 0.05) is 27.9 Å². The predicted molar refractivity (Wildman–Crippen MR) is 178 cm³/mol. The van der Waals surface area contributed by atoms with Crippen LogP contribution in [0.2, 0.25) is 0 Å². The van der Waals surface area contributed by atoms with E-state index in [-0.39, 0.29) is 18.4 Å². The summed E-state index contributed by atoms with van der Waals surface area (Å²) in [5, 5.41) is 12.9. The van der Waals surface area contributed by atoms with E-state index < -0.39 is 0 Å². The van der Waals surface area contributed by atoms with Gasteiger partial charge in [0.05, 0.1) is 23.5 Å². The molecule has 3 N–H and O–H groups in total. The van der Waals surface area contributed by atoms with Crippen molar-refractivity contribution >= 4 is 61.8 Å². The Labute approximate surface area is 267 Å². The number of aromatic nitrogens is 1. The fourth-order valence-electron chi connectivity index (χ4n) is 4.14. The molecule has 0 aliphatic carbocycles. The van der Waals surface area contributed by atoms with Crippen LogP contribution in [0.1, 0.15) is 21.5 Å². The second kappa shape index (κ2) is 14.5. The smallest absolute Gasteiger partial charge is 0.271 e. The minimum Gasteiger partial charge on any atom is -0.493 e. The third-order valence-corrected chi connectivity index (χ3v) is 7.60. The molecule has 9 nitrogen and oxygen atoms in total. The zero-order valence-electron chi connectivity index (χ0n) is 23.8. The Hall–Kier alpha value is -5.00. The number of amides is 2. The summed E-state index contributed by atoms with van der Waals surface area (Å²) in [4.78, 5) is 29.7. The number of hydrogen-bond donors (Lipinski definition) is 3. The number of benzene rings is 4. The molecule has 0 saturated heterocycles. The number of anilines is 3. The van der Waals surface area contributed by atoms with Gasteiger partial charge in [0.25, 0.3) is 11.8 Å². The summed E-state index contributed by atoms with van der Waals surface area (Å²) in [6.07, 6.45) is 1.49. The number of carbonyl (C=O) groups excluding carboxylic acids is 2. The first-order valence-corrected chi connectivity index (χ1v) is 15.1. The number of halogens is 1. The van der Waals surface area contributed by atoms with Crippen molar-refractivity contribution in [1.29, 1.82) is 0 Å². The van der Waals surface area contributed by atoms with E-state index in [1.165, 1.54) is 24.7 Å². The van der Waals surface area contributed by atoms with E-state index in [1.54, 1.807) is 24.3 Å². The van der Waals surface area contributed by atoms with Gasteiger partial charge in [-0.05, 0) is 82.5 Å². The maximum Gasteiger partial charge on any atom is 0.271 e. The van der Waals surface area contributed by atoms with Crippen LogP contribution in [0.4, 0.5) is 16.5 Å². The highest BCUT2D eigenvalue weighted by atomic mass is 79.9. The molecule has 0 bridgehead atoms. The number of para-hydroxylation sites is 1. The molecule has 0 saturated carbocycles. The Balaban J connectivity index is 1.16. The SMILES string of the molecule is COc1cc(/C=N/NC(=O)c2ccc(-c3csc(Nc4ccccc4)n3)cc2)cc(Br)c1OCC(=O)Nc1cccc(C)c1. The van der Waals surface area contributed by atoms with Crippen LogP contribution in [0.25, 0.3) is 11.3 Å². The monoisotopic (exact) mass is 669 g/mol. The first-order chi connectivity index (χ1) is 21.4. The third-order valence-electron chi connectivity index (χ3n) is 6.25. The second-order valence-corrected chi connectivity index (χ2v) is 11.3. The molecule has 0 aliphatic heterocycles. The van der Waals surface area contributed by atoms with Gasteiger partial charge in [0.2, 0.25) is 0 Å². The van der Waals surface area contributed by atoms with Crippen LogP contribution in [0.15, 0.2) is 106 Å². The Morgan fingerprint density at radius 2 is 1.75 bits per heavy atom. The number of hydrazone groups is 1. The van der Waals surface area contributed by atoms with Crippen molar-refractivity contribution < 1.29 is 19.1 Å². The number of ether oxygens (including phenoxy) is 2. The lowest BCUT2D eigenvalue weighted by atomic mass is 10.1. The summed E-state index contributed by atoms with van der Waals surface area (Å²) >= 11 is 4.98. The number of nitrogens with zero attached hydrogens (tertiary/aromatic N) is 2. The van der Waals surface area contributed by atoms with Gasteiger partial charge < -0.3 is 20.1 Å². The van der Waals surface area contributed by atoms with Gasteiger partial charge in [-0.1, -0.05) is 42.5 Å². The van der Waals surface area contributed by atoms with Crippen LogP contribution >= 0.6 is 27.3 Å². The van der Waals surface area contributed by atoms with Crippen molar-refractivity contribution in [3.05, 3.63) is 118 Å². The molecule has 44 heavy (non-hydrogen) atoms. The van der Waals surface area contributed by atoms with Crippen molar-refractivity contribution in [2.45, 2.75) is 6.92 Å². The number of hydrogen-bond acceptors (Lipinski definition) is 8. The van der Waals surface area contributed by atoms with Crippen molar-refractivity contribution in [3.8, 4) is 22.8 Å². The van der Waals surface area contributed by atoms with E-state index in [0.717, 1.165) is 27.6 Å². The number of thiazole rings is 1. The molecule has 2 amide bonds. The Bertz CT molecular complexity index is 1790. The minimum absolute atomic E-state index is 0.209. The largest absolute Gasteiger partial charge is 0.493 e. The maximum atomic E-state index is 12.7. The molecular weight excluding hydrogens is 642 g/mol. The molecule has 0 unspecified atom stereocenters.